The minimum Gasteiger partial charge on any atom is -0.497 e. The summed E-state index contributed by atoms with van der Waals surface area (Å²) in [6.07, 6.45) is 0.285. The van der Waals surface area contributed by atoms with Crippen LogP contribution in [0.5, 0.6) is 5.75 Å². The van der Waals surface area contributed by atoms with Crippen LogP contribution >= 0.6 is 0 Å². The van der Waals surface area contributed by atoms with Crippen molar-refractivity contribution >= 4 is 20.9 Å². The van der Waals surface area contributed by atoms with E-state index in [0.29, 0.717) is 16.8 Å². The molecule has 0 aliphatic heterocycles. The lowest BCUT2D eigenvalue weighted by Gasteiger charge is -2.08. The zero-order valence-corrected chi connectivity index (χ0v) is 15.4. The number of benzene rings is 2. The largest absolute Gasteiger partial charge is 0.497 e. The van der Waals surface area contributed by atoms with E-state index in [1.807, 2.05) is 13.0 Å². The zero-order chi connectivity index (χ0) is 18.7. The van der Waals surface area contributed by atoms with Crippen LogP contribution in [0.1, 0.15) is 11.1 Å². The summed E-state index contributed by atoms with van der Waals surface area (Å²) in [6, 6.07) is 13.8. The Hall–Kier alpha value is -2.64. The first-order valence-corrected chi connectivity index (χ1v) is 9.64. The number of ether oxygens (including phenoxy) is 1. The number of nitrogens with one attached hydrogen (secondary N) is 2. The Labute approximate surface area is 151 Å². The molecule has 6 nitrogen and oxygen atoms in total. The molecule has 136 valence electrons. The molecule has 0 atom stereocenters. The van der Waals surface area contributed by atoms with Gasteiger partial charge in [-0.1, -0.05) is 17.7 Å². The Morgan fingerprint density at radius 3 is 2.50 bits per heavy atom. The van der Waals surface area contributed by atoms with Crippen LogP contribution in [0, 0.1) is 6.92 Å². The number of fused-ring (bicyclic) bond motifs is 1. The van der Waals surface area contributed by atoms with E-state index >= 15 is 0 Å². The Morgan fingerprint density at radius 2 is 1.81 bits per heavy atom. The third kappa shape index (κ3) is 3.95. The van der Waals surface area contributed by atoms with Crippen molar-refractivity contribution in [2.45, 2.75) is 18.2 Å². The molecule has 3 rings (SSSR count). The number of aromatic nitrogens is 1. The maximum atomic E-state index is 12.3. The normalized spacial score (nSPS) is 11.6. The van der Waals surface area contributed by atoms with Crippen molar-refractivity contribution in [3.63, 3.8) is 0 Å². The van der Waals surface area contributed by atoms with E-state index in [1.54, 1.807) is 49.6 Å². The first-order chi connectivity index (χ1) is 12.4. The van der Waals surface area contributed by atoms with Crippen LogP contribution in [0.25, 0.3) is 10.9 Å². The highest BCUT2D eigenvalue weighted by atomic mass is 32.2. The molecular weight excluding hydrogens is 352 g/mol. The first kappa shape index (κ1) is 18.2. The van der Waals surface area contributed by atoms with Gasteiger partial charge >= 0.3 is 0 Å². The van der Waals surface area contributed by atoms with Crippen LogP contribution in [-0.4, -0.2) is 27.1 Å². The van der Waals surface area contributed by atoms with E-state index in [1.165, 1.54) is 0 Å². The van der Waals surface area contributed by atoms with Gasteiger partial charge in [0.15, 0.2) is 0 Å². The van der Waals surface area contributed by atoms with E-state index in [2.05, 4.69) is 9.71 Å². The Morgan fingerprint density at radius 1 is 1.08 bits per heavy atom. The van der Waals surface area contributed by atoms with Crippen molar-refractivity contribution in [1.82, 2.24) is 9.71 Å². The molecule has 0 aliphatic carbocycles. The highest BCUT2D eigenvalue weighted by Crippen LogP contribution is 2.19. The molecule has 3 aromatic rings. The summed E-state index contributed by atoms with van der Waals surface area (Å²) in [5.41, 5.74) is 1.98. The van der Waals surface area contributed by atoms with Crippen LogP contribution in [0.4, 0.5) is 0 Å². The number of aromatic amines is 1. The number of pyridine rings is 1. The highest BCUT2D eigenvalue weighted by molar-refractivity contribution is 7.89. The second-order valence-electron chi connectivity index (χ2n) is 6.04. The van der Waals surface area contributed by atoms with E-state index in [-0.39, 0.29) is 23.4 Å². The maximum absolute atomic E-state index is 12.3. The molecule has 0 bridgehead atoms. The van der Waals surface area contributed by atoms with Gasteiger partial charge in [-0.05, 0) is 49.7 Å². The Kier molecular flexibility index (Phi) is 5.11. The maximum Gasteiger partial charge on any atom is 0.251 e. The average molecular weight is 372 g/mol. The van der Waals surface area contributed by atoms with Crippen LogP contribution in [0.2, 0.25) is 0 Å². The second-order valence-corrected chi connectivity index (χ2v) is 7.80. The van der Waals surface area contributed by atoms with E-state index in [0.717, 1.165) is 10.9 Å². The predicted octanol–water partition coefficient (Wildman–Crippen LogP) is 2.37. The summed E-state index contributed by atoms with van der Waals surface area (Å²) in [7, 11) is -2.02. The number of aryl methyl sites for hydroxylation is 1. The molecule has 0 saturated carbocycles. The minimum atomic E-state index is -3.60. The van der Waals surface area contributed by atoms with Gasteiger partial charge in [-0.25, -0.2) is 13.1 Å². The fraction of sp³-hybridized carbons (Fsp3) is 0.211. The van der Waals surface area contributed by atoms with Crippen molar-refractivity contribution in [3.8, 4) is 5.75 Å². The molecule has 0 saturated heterocycles. The number of hydrogen-bond acceptors (Lipinski definition) is 4. The SMILES string of the molecule is COc1ccc2[nH]c(=O)c(CCNS(=O)(=O)c3ccc(C)cc3)cc2c1. The van der Waals surface area contributed by atoms with E-state index in [4.69, 9.17) is 4.74 Å². The van der Waals surface area contributed by atoms with Gasteiger partial charge in [0.2, 0.25) is 10.0 Å². The van der Waals surface area contributed by atoms with Crippen LogP contribution in [0.15, 0.2) is 58.2 Å². The summed E-state index contributed by atoms with van der Waals surface area (Å²) in [5.74, 6) is 0.690. The smallest absolute Gasteiger partial charge is 0.251 e. The first-order valence-electron chi connectivity index (χ1n) is 8.15. The van der Waals surface area contributed by atoms with Gasteiger partial charge in [-0.15, -0.1) is 0 Å². The average Bonchev–Trinajstić information content (AvgIpc) is 2.62. The molecule has 2 aromatic carbocycles. The molecule has 0 amide bonds. The number of methoxy groups -OCH3 is 1. The van der Waals surface area contributed by atoms with Crippen molar-refractivity contribution in [1.29, 1.82) is 0 Å². The fourth-order valence-corrected chi connectivity index (χ4v) is 3.70. The monoisotopic (exact) mass is 372 g/mol. The van der Waals surface area contributed by atoms with Gasteiger partial charge in [0.05, 0.1) is 12.0 Å². The van der Waals surface area contributed by atoms with Gasteiger partial charge in [0, 0.05) is 23.0 Å². The highest BCUT2D eigenvalue weighted by Gasteiger charge is 2.13. The third-order valence-electron chi connectivity index (χ3n) is 4.15. The lowest BCUT2D eigenvalue weighted by atomic mass is 10.1. The third-order valence-corrected chi connectivity index (χ3v) is 5.62. The standard InChI is InChI=1S/C19H20N2O4S/c1-13-3-6-17(7-4-13)26(23,24)20-10-9-14-11-15-12-16(25-2)5-8-18(15)21-19(14)22/h3-8,11-12,20H,9-10H2,1-2H3,(H,21,22). The predicted molar refractivity (Wildman–Crippen MR) is 101 cm³/mol. The van der Waals surface area contributed by atoms with Crippen molar-refractivity contribution in [3.05, 3.63) is 70.0 Å². The molecule has 1 heterocycles. The fourth-order valence-electron chi connectivity index (χ4n) is 2.66. The molecule has 0 radical (unpaired) electrons. The van der Waals surface area contributed by atoms with Gasteiger partial charge in [0.1, 0.15) is 5.75 Å². The topological polar surface area (TPSA) is 88.3 Å². The van der Waals surface area contributed by atoms with E-state index in [9.17, 15) is 13.2 Å². The lowest BCUT2D eigenvalue weighted by Crippen LogP contribution is -2.27. The van der Waals surface area contributed by atoms with Crippen LogP contribution in [0.3, 0.4) is 0 Å². The summed E-state index contributed by atoms with van der Waals surface area (Å²) >= 11 is 0. The molecular formula is C19H20N2O4S. The second kappa shape index (κ2) is 7.31. The molecule has 0 unspecified atom stereocenters. The van der Waals surface area contributed by atoms with Crippen molar-refractivity contribution in [2.24, 2.45) is 0 Å². The molecule has 1 aromatic heterocycles. The molecule has 2 N–H and O–H groups in total. The summed E-state index contributed by atoms with van der Waals surface area (Å²) in [4.78, 5) is 15.2. The molecule has 0 fully saturated rings. The minimum absolute atomic E-state index is 0.134. The van der Waals surface area contributed by atoms with Gasteiger partial charge in [-0.3, -0.25) is 4.79 Å². The number of sulfonamides is 1. The molecule has 26 heavy (non-hydrogen) atoms. The Bertz CT molecular complexity index is 1090. The van der Waals surface area contributed by atoms with Crippen LogP contribution < -0.4 is 15.0 Å². The van der Waals surface area contributed by atoms with Crippen molar-refractivity contribution in [2.75, 3.05) is 13.7 Å². The lowest BCUT2D eigenvalue weighted by molar-refractivity contribution is 0.415. The summed E-state index contributed by atoms with van der Waals surface area (Å²) < 4.78 is 32.3. The summed E-state index contributed by atoms with van der Waals surface area (Å²) in [6.45, 7) is 2.03. The molecule has 7 heteroatoms. The quantitative estimate of drug-likeness (QED) is 0.695. The molecule has 0 spiro atoms. The molecule has 0 aliphatic rings. The van der Waals surface area contributed by atoms with Gasteiger partial charge in [0.25, 0.3) is 5.56 Å². The summed E-state index contributed by atoms with van der Waals surface area (Å²) in [5, 5.41) is 0.834. The number of hydrogen-bond donors (Lipinski definition) is 2. The number of H-pyrrole nitrogens is 1. The van der Waals surface area contributed by atoms with E-state index < -0.39 is 10.0 Å². The van der Waals surface area contributed by atoms with Gasteiger partial charge in [-0.2, -0.15) is 0 Å². The zero-order valence-electron chi connectivity index (χ0n) is 14.6. The number of rotatable bonds is 6. The van der Waals surface area contributed by atoms with Crippen molar-refractivity contribution < 1.29 is 13.2 Å². The van der Waals surface area contributed by atoms with Crippen LogP contribution in [-0.2, 0) is 16.4 Å². The van der Waals surface area contributed by atoms with Gasteiger partial charge < -0.3 is 9.72 Å². The Balaban J connectivity index is 1.76.